The molecule has 1 saturated carbocycles. The van der Waals surface area contributed by atoms with E-state index in [1.165, 1.54) is 19.3 Å². The van der Waals surface area contributed by atoms with Crippen LogP contribution in [0.1, 0.15) is 36.0 Å². The SMILES string of the molecule is C=C(/C=C(Cl)\C=N/C)[C@H](CC(=O)NC[C@H](Cc1c(C)cc(O)cc1C)N(C)C)C1(C(F)(F)F)CC1. The minimum Gasteiger partial charge on any atom is -0.508 e. The van der Waals surface area contributed by atoms with Crippen LogP contribution in [0.5, 0.6) is 5.75 Å². The summed E-state index contributed by atoms with van der Waals surface area (Å²) in [7, 11) is 5.28. The Hall–Kier alpha value is -2.32. The van der Waals surface area contributed by atoms with Crippen LogP contribution in [0.15, 0.2) is 40.4 Å². The standard InChI is InChI=1S/C26H35ClF3N3O2/c1-16-10-21(34)11-17(2)22(16)12-20(33(5)6)15-32-24(35)13-23(18(3)9-19(27)14-31-4)25(7-8-25)26(28,29)30/h9-11,14,20,23,34H,3,7-8,12-13,15H2,1-2,4-6H3,(H,32,35)/b19-9+,31-14-/t20-,23-/m0/s1. The number of benzene rings is 1. The number of allylic oxidation sites excluding steroid dienone is 3. The molecule has 1 aliphatic carbocycles. The number of alkyl halides is 3. The second-order valence-electron chi connectivity index (χ2n) is 9.59. The van der Waals surface area contributed by atoms with Gasteiger partial charge in [-0.25, -0.2) is 0 Å². The molecule has 194 valence electrons. The quantitative estimate of drug-likeness (QED) is 0.310. The van der Waals surface area contributed by atoms with Crippen LogP contribution in [0.25, 0.3) is 0 Å². The van der Waals surface area contributed by atoms with Crippen molar-refractivity contribution in [1.29, 1.82) is 0 Å². The van der Waals surface area contributed by atoms with Gasteiger partial charge in [-0.3, -0.25) is 9.79 Å². The molecule has 0 unspecified atom stereocenters. The number of nitrogens with zero attached hydrogens (tertiary/aromatic N) is 2. The summed E-state index contributed by atoms with van der Waals surface area (Å²) in [4.78, 5) is 18.6. The number of hydrogen-bond donors (Lipinski definition) is 2. The highest BCUT2D eigenvalue weighted by Crippen LogP contribution is 2.64. The summed E-state index contributed by atoms with van der Waals surface area (Å²) in [5, 5.41) is 12.8. The highest BCUT2D eigenvalue weighted by Gasteiger charge is 2.67. The van der Waals surface area contributed by atoms with Gasteiger partial charge in [-0.2, -0.15) is 13.2 Å². The molecule has 5 nitrogen and oxygen atoms in total. The predicted molar refractivity (Wildman–Crippen MR) is 135 cm³/mol. The van der Waals surface area contributed by atoms with Crippen LogP contribution in [0, 0.1) is 25.2 Å². The first-order chi connectivity index (χ1) is 16.2. The molecule has 0 heterocycles. The van der Waals surface area contributed by atoms with Crippen LogP contribution < -0.4 is 5.32 Å². The molecule has 1 amide bonds. The van der Waals surface area contributed by atoms with Gasteiger partial charge in [0.05, 0.1) is 10.4 Å². The van der Waals surface area contributed by atoms with Gasteiger partial charge in [0, 0.05) is 38.2 Å². The number of likely N-dealkylation sites (N-methyl/N-ethyl adjacent to an activating group) is 1. The molecule has 0 radical (unpaired) electrons. The maximum absolute atomic E-state index is 13.9. The number of phenolic OH excluding ortho intramolecular Hbond substituents is 1. The zero-order valence-corrected chi connectivity index (χ0v) is 21.7. The molecule has 0 bridgehead atoms. The number of rotatable bonds is 11. The molecule has 2 rings (SSSR count). The molecule has 0 spiro atoms. The van der Waals surface area contributed by atoms with Gasteiger partial charge in [0.2, 0.25) is 5.91 Å². The summed E-state index contributed by atoms with van der Waals surface area (Å²) in [5.41, 5.74) is 1.15. The smallest absolute Gasteiger partial charge is 0.395 e. The number of aromatic hydroxyl groups is 1. The molecule has 9 heteroatoms. The van der Waals surface area contributed by atoms with Gasteiger partial charge in [-0.15, -0.1) is 0 Å². The van der Waals surface area contributed by atoms with E-state index in [2.05, 4.69) is 16.9 Å². The fourth-order valence-electron chi connectivity index (χ4n) is 4.54. The van der Waals surface area contributed by atoms with Crippen molar-refractivity contribution in [2.75, 3.05) is 27.7 Å². The fraction of sp³-hybridized carbons (Fsp3) is 0.538. The summed E-state index contributed by atoms with van der Waals surface area (Å²) >= 11 is 6.04. The van der Waals surface area contributed by atoms with E-state index >= 15 is 0 Å². The number of hydrogen-bond acceptors (Lipinski definition) is 4. The first-order valence-corrected chi connectivity index (χ1v) is 11.9. The minimum absolute atomic E-state index is 0.0411. The number of aliphatic imine (C=N–C) groups is 1. The van der Waals surface area contributed by atoms with Gasteiger partial charge in [0.1, 0.15) is 5.75 Å². The second kappa shape index (κ2) is 11.6. The molecule has 0 aromatic heterocycles. The maximum Gasteiger partial charge on any atom is 0.395 e. The Morgan fingerprint density at radius 1 is 1.31 bits per heavy atom. The van der Waals surface area contributed by atoms with Crippen molar-refractivity contribution in [2.45, 2.75) is 51.7 Å². The lowest BCUT2D eigenvalue weighted by Crippen LogP contribution is -2.43. The molecular weight excluding hydrogens is 479 g/mol. The van der Waals surface area contributed by atoms with E-state index in [1.807, 2.05) is 32.8 Å². The minimum atomic E-state index is -4.44. The third-order valence-corrected chi connectivity index (χ3v) is 7.03. The number of nitrogens with one attached hydrogen (secondary N) is 1. The van der Waals surface area contributed by atoms with E-state index in [1.54, 1.807) is 12.1 Å². The van der Waals surface area contributed by atoms with E-state index in [4.69, 9.17) is 11.6 Å². The molecule has 1 fully saturated rings. The van der Waals surface area contributed by atoms with Gasteiger partial charge < -0.3 is 15.3 Å². The molecule has 2 atom stereocenters. The number of carbonyl (C=O) groups is 1. The Labute approximate surface area is 210 Å². The zero-order chi connectivity index (χ0) is 26.6. The summed E-state index contributed by atoms with van der Waals surface area (Å²) in [6.45, 7) is 7.92. The zero-order valence-electron chi connectivity index (χ0n) is 21.0. The van der Waals surface area contributed by atoms with Crippen molar-refractivity contribution in [3.8, 4) is 5.75 Å². The van der Waals surface area contributed by atoms with Crippen LogP contribution in [0.4, 0.5) is 13.2 Å². The topological polar surface area (TPSA) is 64.9 Å². The largest absolute Gasteiger partial charge is 0.508 e. The lowest BCUT2D eigenvalue weighted by Gasteiger charge is -2.30. The van der Waals surface area contributed by atoms with Crippen molar-refractivity contribution in [2.24, 2.45) is 16.3 Å². The van der Waals surface area contributed by atoms with Crippen molar-refractivity contribution >= 4 is 23.7 Å². The molecular formula is C26H35ClF3N3O2. The van der Waals surface area contributed by atoms with Crippen molar-refractivity contribution in [3.05, 3.63) is 52.1 Å². The number of amides is 1. The number of phenols is 1. The fourth-order valence-corrected chi connectivity index (χ4v) is 4.78. The Morgan fingerprint density at radius 2 is 1.89 bits per heavy atom. The highest BCUT2D eigenvalue weighted by atomic mass is 35.5. The van der Waals surface area contributed by atoms with Crippen LogP contribution in [0.3, 0.4) is 0 Å². The monoisotopic (exact) mass is 513 g/mol. The second-order valence-corrected chi connectivity index (χ2v) is 10.0. The molecule has 1 aromatic carbocycles. The first kappa shape index (κ1) is 28.9. The summed E-state index contributed by atoms with van der Waals surface area (Å²) in [6, 6.07) is 3.30. The summed E-state index contributed by atoms with van der Waals surface area (Å²) in [6.07, 6.45) is -1.56. The van der Waals surface area contributed by atoms with E-state index in [-0.39, 0.29) is 48.2 Å². The van der Waals surface area contributed by atoms with E-state index < -0.39 is 23.4 Å². The molecule has 35 heavy (non-hydrogen) atoms. The van der Waals surface area contributed by atoms with E-state index in [9.17, 15) is 23.1 Å². The van der Waals surface area contributed by atoms with E-state index in [0.29, 0.717) is 6.42 Å². The predicted octanol–water partition coefficient (Wildman–Crippen LogP) is 5.33. The Balaban J connectivity index is 2.16. The lowest BCUT2D eigenvalue weighted by atomic mass is 9.80. The molecule has 0 saturated heterocycles. The van der Waals surface area contributed by atoms with E-state index in [0.717, 1.165) is 16.7 Å². The Morgan fingerprint density at radius 3 is 2.34 bits per heavy atom. The maximum atomic E-state index is 13.9. The molecule has 1 aromatic rings. The van der Waals surface area contributed by atoms with Crippen LogP contribution in [-0.4, -0.2) is 62.0 Å². The third-order valence-electron chi connectivity index (χ3n) is 6.82. The lowest BCUT2D eigenvalue weighted by molar-refractivity contribution is -0.199. The van der Waals surface area contributed by atoms with Crippen molar-refractivity contribution in [1.82, 2.24) is 10.2 Å². The highest BCUT2D eigenvalue weighted by molar-refractivity contribution is 6.39. The van der Waals surface area contributed by atoms with Gasteiger partial charge in [0.15, 0.2) is 0 Å². The van der Waals surface area contributed by atoms with Gasteiger partial charge in [-0.05, 0) is 87.7 Å². The van der Waals surface area contributed by atoms with Gasteiger partial charge >= 0.3 is 6.18 Å². The van der Waals surface area contributed by atoms with Crippen LogP contribution in [0.2, 0.25) is 0 Å². The number of halogens is 4. The van der Waals surface area contributed by atoms with Crippen LogP contribution in [-0.2, 0) is 11.2 Å². The number of aryl methyl sites for hydroxylation is 2. The molecule has 0 aliphatic heterocycles. The van der Waals surface area contributed by atoms with Crippen molar-refractivity contribution in [3.63, 3.8) is 0 Å². The summed E-state index contributed by atoms with van der Waals surface area (Å²) < 4.78 is 41.8. The van der Waals surface area contributed by atoms with Gasteiger partial charge in [0.25, 0.3) is 0 Å². The first-order valence-electron chi connectivity index (χ1n) is 11.5. The normalized spacial score (nSPS) is 17.5. The molecule has 2 N–H and O–H groups in total. The average molecular weight is 514 g/mol. The average Bonchev–Trinajstić information content (AvgIpc) is 3.52. The van der Waals surface area contributed by atoms with Crippen molar-refractivity contribution < 1.29 is 23.1 Å². The Bertz CT molecular complexity index is 975. The Kier molecular flexibility index (Phi) is 9.59. The third kappa shape index (κ3) is 7.34. The van der Waals surface area contributed by atoms with Gasteiger partial charge in [-0.1, -0.05) is 18.2 Å². The number of carbonyl (C=O) groups excluding carboxylic acids is 1. The van der Waals surface area contributed by atoms with Crippen LogP contribution >= 0.6 is 11.6 Å². The summed E-state index contributed by atoms with van der Waals surface area (Å²) in [5.74, 6) is -1.38. The molecule has 1 aliphatic rings.